The summed E-state index contributed by atoms with van der Waals surface area (Å²) < 4.78 is 37.9. The standard InChI is InChI=1S/C17H18F3N3O2S/c1-9(2)22-13(24)8-21-15(25)14-10(3)23-16(26-14)11-4-6-12(7-5-11)17(18,19)20/h4-7,9H,8H2,1-3H3,(H,21,25)(H,22,24). The summed E-state index contributed by atoms with van der Waals surface area (Å²) in [6, 6.07) is 4.55. The van der Waals surface area contributed by atoms with Crippen molar-refractivity contribution in [3.8, 4) is 10.6 Å². The Kier molecular flexibility index (Phi) is 6.01. The molecule has 1 aromatic heterocycles. The van der Waals surface area contributed by atoms with Gasteiger partial charge in [0.2, 0.25) is 5.91 Å². The normalized spacial score (nSPS) is 11.5. The molecule has 9 heteroatoms. The van der Waals surface area contributed by atoms with Crippen LogP contribution in [0.25, 0.3) is 10.6 Å². The van der Waals surface area contributed by atoms with E-state index < -0.39 is 17.6 Å². The number of rotatable bonds is 5. The first-order chi connectivity index (χ1) is 12.1. The van der Waals surface area contributed by atoms with Gasteiger partial charge in [-0.25, -0.2) is 4.98 Å². The van der Waals surface area contributed by atoms with Crippen molar-refractivity contribution in [1.82, 2.24) is 15.6 Å². The van der Waals surface area contributed by atoms with Crippen molar-refractivity contribution >= 4 is 23.2 Å². The molecule has 5 nitrogen and oxygen atoms in total. The van der Waals surface area contributed by atoms with Gasteiger partial charge in [0.25, 0.3) is 5.91 Å². The number of alkyl halides is 3. The lowest BCUT2D eigenvalue weighted by atomic mass is 10.1. The third kappa shape index (κ3) is 5.04. The van der Waals surface area contributed by atoms with Crippen LogP contribution in [0.2, 0.25) is 0 Å². The largest absolute Gasteiger partial charge is 0.416 e. The number of nitrogens with one attached hydrogen (secondary N) is 2. The molecule has 0 aliphatic carbocycles. The molecule has 0 saturated heterocycles. The molecule has 26 heavy (non-hydrogen) atoms. The Hall–Kier alpha value is -2.42. The number of aryl methyl sites for hydroxylation is 1. The number of benzene rings is 1. The van der Waals surface area contributed by atoms with Gasteiger partial charge in [-0.2, -0.15) is 13.2 Å². The summed E-state index contributed by atoms with van der Waals surface area (Å²) in [6.07, 6.45) is -4.40. The van der Waals surface area contributed by atoms with E-state index >= 15 is 0 Å². The molecule has 0 saturated carbocycles. The van der Waals surface area contributed by atoms with Crippen LogP contribution < -0.4 is 10.6 Å². The van der Waals surface area contributed by atoms with Gasteiger partial charge in [0.1, 0.15) is 9.88 Å². The quantitative estimate of drug-likeness (QED) is 0.829. The summed E-state index contributed by atoms with van der Waals surface area (Å²) >= 11 is 1.06. The minimum atomic E-state index is -4.40. The van der Waals surface area contributed by atoms with Gasteiger partial charge in [0.05, 0.1) is 17.8 Å². The predicted molar refractivity (Wildman–Crippen MR) is 92.9 cm³/mol. The Balaban J connectivity index is 2.11. The van der Waals surface area contributed by atoms with Crippen LogP contribution in [-0.2, 0) is 11.0 Å². The van der Waals surface area contributed by atoms with Gasteiger partial charge in [0, 0.05) is 11.6 Å². The molecular weight excluding hydrogens is 367 g/mol. The highest BCUT2D eigenvalue weighted by atomic mass is 32.1. The lowest BCUT2D eigenvalue weighted by Gasteiger charge is -2.08. The summed E-state index contributed by atoms with van der Waals surface area (Å²) in [5.41, 5.74) is 0.193. The zero-order valence-electron chi connectivity index (χ0n) is 14.4. The summed E-state index contributed by atoms with van der Waals surface area (Å²) in [4.78, 5) is 28.4. The van der Waals surface area contributed by atoms with Gasteiger partial charge in [0.15, 0.2) is 0 Å². The van der Waals surface area contributed by atoms with E-state index in [1.165, 1.54) is 12.1 Å². The molecule has 2 aromatic rings. The van der Waals surface area contributed by atoms with Crippen molar-refractivity contribution < 1.29 is 22.8 Å². The number of thiazole rings is 1. The second-order valence-electron chi connectivity index (χ2n) is 5.91. The molecule has 0 atom stereocenters. The predicted octanol–water partition coefficient (Wildman–Crippen LogP) is 3.39. The van der Waals surface area contributed by atoms with Gasteiger partial charge >= 0.3 is 6.18 Å². The number of amides is 2. The van der Waals surface area contributed by atoms with Crippen molar-refractivity contribution in [3.05, 3.63) is 40.4 Å². The Bertz CT molecular complexity index is 799. The van der Waals surface area contributed by atoms with Crippen molar-refractivity contribution in [3.63, 3.8) is 0 Å². The number of halogens is 3. The molecule has 0 aliphatic heterocycles. The van der Waals surface area contributed by atoms with Crippen LogP contribution in [-0.4, -0.2) is 29.4 Å². The molecule has 2 amide bonds. The maximum absolute atomic E-state index is 12.6. The Labute approximate surface area is 152 Å². The fourth-order valence-electron chi connectivity index (χ4n) is 2.15. The second-order valence-corrected chi connectivity index (χ2v) is 6.91. The molecule has 2 rings (SSSR count). The van der Waals surface area contributed by atoms with Crippen LogP contribution in [0, 0.1) is 6.92 Å². The van der Waals surface area contributed by atoms with E-state index in [-0.39, 0.29) is 18.5 Å². The molecule has 140 valence electrons. The Morgan fingerprint density at radius 3 is 2.35 bits per heavy atom. The van der Waals surface area contributed by atoms with Gasteiger partial charge in [-0.15, -0.1) is 11.3 Å². The SMILES string of the molecule is Cc1nc(-c2ccc(C(F)(F)F)cc2)sc1C(=O)NCC(=O)NC(C)C. The molecule has 1 aromatic carbocycles. The fraction of sp³-hybridized carbons (Fsp3) is 0.353. The first kappa shape index (κ1) is 19.9. The van der Waals surface area contributed by atoms with Crippen LogP contribution in [0.3, 0.4) is 0 Å². The van der Waals surface area contributed by atoms with Crippen molar-refractivity contribution in [2.24, 2.45) is 0 Å². The maximum Gasteiger partial charge on any atom is 0.416 e. The van der Waals surface area contributed by atoms with Crippen LogP contribution in [0.1, 0.15) is 34.8 Å². The van der Waals surface area contributed by atoms with Crippen LogP contribution >= 0.6 is 11.3 Å². The van der Waals surface area contributed by atoms with Gasteiger partial charge in [-0.3, -0.25) is 9.59 Å². The average Bonchev–Trinajstić information content (AvgIpc) is 2.93. The highest BCUT2D eigenvalue weighted by Crippen LogP contribution is 2.32. The molecule has 0 radical (unpaired) electrons. The molecule has 0 bridgehead atoms. The lowest BCUT2D eigenvalue weighted by Crippen LogP contribution is -2.39. The van der Waals surface area contributed by atoms with E-state index in [0.29, 0.717) is 21.1 Å². The zero-order valence-corrected chi connectivity index (χ0v) is 15.2. The molecule has 0 aliphatic rings. The smallest absolute Gasteiger partial charge is 0.352 e. The Morgan fingerprint density at radius 1 is 1.19 bits per heavy atom. The molecule has 0 unspecified atom stereocenters. The molecule has 0 spiro atoms. The minimum Gasteiger partial charge on any atom is -0.352 e. The fourth-order valence-corrected chi connectivity index (χ4v) is 3.13. The monoisotopic (exact) mass is 385 g/mol. The average molecular weight is 385 g/mol. The van der Waals surface area contributed by atoms with E-state index in [2.05, 4.69) is 15.6 Å². The summed E-state index contributed by atoms with van der Waals surface area (Å²) in [5, 5.41) is 5.60. The molecule has 2 N–H and O–H groups in total. The Morgan fingerprint density at radius 2 is 1.81 bits per heavy atom. The zero-order chi connectivity index (χ0) is 19.5. The number of nitrogens with zero attached hydrogens (tertiary/aromatic N) is 1. The van der Waals surface area contributed by atoms with Crippen molar-refractivity contribution in [1.29, 1.82) is 0 Å². The highest BCUT2D eigenvalue weighted by Gasteiger charge is 2.30. The number of hydrogen-bond donors (Lipinski definition) is 2. The van der Waals surface area contributed by atoms with Crippen LogP contribution in [0.15, 0.2) is 24.3 Å². The third-order valence-electron chi connectivity index (χ3n) is 3.32. The van der Waals surface area contributed by atoms with Crippen molar-refractivity contribution in [2.45, 2.75) is 33.0 Å². The number of hydrogen-bond acceptors (Lipinski definition) is 4. The molecule has 0 fully saturated rings. The summed E-state index contributed by atoms with van der Waals surface area (Å²) in [5.74, 6) is -0.754. The topological polar surface area (TPSA) is 71.1 Å². The van der Waals surface area contributed by atoms with E-state index in [4.69, 9.17) is 0 Å². The maximum atomic E-state index is 12.6. The minimum absolute atomic E-state index is 0.0317. The lowest BCUT2D eigenvalue weighted by molar-refractivity contribution is -0.137. The van der Waals surface area contributed by atoms with Crippen LogP contribution in [0.5, 0.6) is 0 Å². The summed E-state index contributed by atoms with van der Waals surface area (Å²) in [6.45, 7) is 5.09. The summed E-state index contributed by atoms with van der Waals surface area (Å²) in [7, 11) is 0. The molecule has 1 heterocycles. The van der Waals surface area contributed by atoms with Crippen molar-refractivity contribution in [2.75, 3.05) is 6.54 Å². The van der Waals surface area contributed by atoms with Gasteiger partial charge in [-0.05, 0) is 32.9 Å². The van der Waals surface area contributed by atoms with Gasteiger partial charge in [-0.1, -0.05) is 12.1 Å². The molecular formula is C17H18F3N3O2S. The second kappa shape index (κ2) is 7.86. The number of carbonyl (C=O) groups excluding carboxylic acids is 2. The van der Waals surface area contributed by atoms with E-state index in [1.807, 2.05) is 13.8 Å². The van der Waals surface area contributed by atoms with Crippen LogP contribution in [0.4, 0.5) is 13.2 Å². The van der Waals surface area contributed by atoms with E-state index in [0.717, 1.165) is 23.5 Å². The van der Waals surface area contributed by atoms with Gasteiger partial charge < -0.3 is 10.6 Å². The van der Waals surface area contributed by atoms with E-state index in [9.17, 15) is 22.8 Å². The highest BCUT2D eigenvalue weighted by molar-refractivity contribution is 7.17. The van der Waals surface area contributed by atoms with E-state index in [1.54, 1.807) is 6.92 Å². The number of aromatic nitrogens is 1. The number of carbonyl (C=O) groups is 2. The third-order valence-corrected chi connectivity index (χ3v) is 4.53. The first-order valence-corrected chi connectivity index (χ1v) is 8.62. The first-order valence-electron chi connectivity index (χ1n) is 7.80.